The first-order valence-corrected chi connectivity index (χ1v) is 4.73. The van der Waals surface area contributed by atoms with E-state index in [1.54, 1.807) is 6.92 Å². The molecule has 0 radical (unpaired) electrons. The van der Waals surface area contributed by atoms with Crippen LogP contribution in [0.1, 0.15) is 15.9 Å². The van der Waals surface area contributed by atoms with Gasteiger partial charge in [0, 0.05) is 5.56 Å². The Hall–Kier alpha value is -1.43. The molecule has 0 heterocycles. The lowest BCUT2D eigenvalue weighted by molar-refractivity contribution is -0.170. The molecule has 0 aliphatic carbocycles. The number of benzene rings is 1. The van der Waals surface area contributed by atoms with Gasteiger partial charge in [-0.15, -0.1) is 0 Å². The van der Waals surface area contributed by atoms with Crippen molar-refractivity contribution in [3.8, 4) is 0 Å². The van der Waals surface area contributed by atoms with Crippen molar-refractivity contribution in [2.75, 3.05) is 13.2 Å². The summed E-state index contributed by atoms with van der Waals surface area (Å²) < 4.78 is 52.3. The van der Waals surface area contributed by atoms with Gasteiger partial charge in [0.2, 0.25) is 0 Å². The van der Waals surface area contributed by atoms with E-state index in [0.717, 1.165) is 6.07 Å². The molecule has 0 spiro atoms. The lowest BCUT2D eigenvalue weighted by Crippen LogP contribution is -2.20. The second kappa shape index (κ2) is 5.27. The van der Waals surface area contributed by atoms with Crippen LogP contribution in [0, 0.1) is 12.7 Å². The van der Waals surface area contributed by atoms with E-state index in [1.807, 2.05) is 0 Å². The minimum atomic E-state index is -4.47. The van der Waals surface area contributed by atoms with Crippen molar-refractivity contribution in [2.45, 2.75) is 13.1 Å². The Kier molecular flexibility index (Phi) is 4.22. The zero-order chi connectivity index (χ0) is 13.1. The molecule has 0 aliphatic heterocycles. The number of aryl methyl sites for hydroxylation is 1. The van der Waals surface area contributed by atoms with Gasteiger partial charge in [0.25, 0.3) is 0 Å². The Balaban J connectivity index is 2.58. The maximum atomic E-state index is 12.9. The summed E-state index contributed by atoms with van der Waals surface area (Å²) in [6.45, 7) is -0.633. The third-order valence-corrected chi connectivity index (χ3v) is 1.86. The lowest BCUT2D eigenvalue weighted by atomic mass is 10.1. The van der Waals surface area contributed by atoms with Gasteiger partial charge in [-0.2, -0.15) is 13.2 Å². The van der Waals surface area contributed by atoms with Crippen LogP contribution in [0.25, 0.3) is 0 Å². The minimum absolute atomic E-state index is 0.00433. The van der Waals surface area contributed by atoms with Crippen molar-refractivity contribution in [3.05, 3.63) is 35.1 Å². The molecule has 17 heavy (non-hydrogen) atoms. The monoisotopic (exact) mass is 250 g/mol. The van der Waals surface area contributed by atoms with Gasteiger partial charge < -0.3 is 4.74 Å². The standard InChI is InChI=1S/C11H10F4O2/c1-7-2-8(4-9(12)3-7)10(16)5-17-6-11(13,14)15/h2-4H,5-6H2,1H3. The van der Waals surface area contributed by atoms with Crippen molar-refractivity contribution < 1.29 is 27.1 Å². The van der Waals surface area contributed by atoms with Gasteiger partial charge in [0.1, 0.15) is 19.0 Å². The molecular weight excluding hydrogens is 240 g/mol. The first-order chi connectivity index (χ1) is 7.78. The molecule has 0 bridgehead atoms. The highest BCUT2D eigenvalue weighted by Gasteiger charge is 2.27. The third kappa shape index (κ3) is 4.95. The average molecular weight is 250 g/mol. The van der Waals surface area contributed by atoms with Gasteiger partial charge in [-0.3, -0.25) is 4.79 Å². The summed E-state index contributed by atoms with van der Waals surface area (Å²) in [5.74, 6) is -1.29. The highest BCUT2D eigenvalue weighted by Crippen LogP contribution is 2.15. The molecule has 0 saturated carbocycles. The molecule has 0 unspecified atom stereocenters. The number of alkyl halides is 3. The highest BCUT2D eigenvalue weighted by molar-refractivity contribution is 5.97. The summed E-state index contributed by atoms with van der Waals surface area (Å²) in [4.78, 5) is 11.4. The number of ketones is 1. The van der Waals surface area contributed by atoms with E-state index >= 15 is 0 Å². The van der Waals surface area contributed by atoms with Crippen LogP contribution in [0.3, 0.4) is 0 Å². The predicted octanol–water partition coefficient (Wildman–Crippen LogP) is 2.90. The molecule has 6 heteroatoms. The molecule has 1 rings (SSSR count). The number of Topliss-reactive ketones (excluding diaryl/α,β-unsaturated/α-hetero) is 1. The van der Waals surface area contributed by atoms with Crippen LogP contribution in [-0.2, 0) is 4.74 Å². The summed E-state index contributed by atoms with van der Waals surface area (Å²) in [6.07, 6.45) is -4.47. The zero-order valence-electron chi connectivity index (χ0n) is 8.97. The van der Waals surface area contributed by atoms with Crippen LogP contribution >= 0.6 is 0 Å². The molecule has 94 valence electrons. The Labute approximate surface area is 95.2 Å². The number of rotatable bonds is 4. The molecule has 0 atom stereocenters. The van der Waals surface area contributed by atoms with Gasteiger partial charge >= 0.3 is 6.18 Å². The molecular formula is C11H10F4O2. The molecule has 0 N–H and O–H groups in total. The van der Waals surface area contributed by atoms with E-state index in [9.17, 15) is 22.4 Å². The average Bonchev–Trinajstić information content (AvgIpc) is 2.13. The highest BCUT2D eigenvalue weighted by atomic mass is 19.4. The van der Waals surface area contributed by atoms with Crippen molar-refractivity contribution in [1.82, 2.24) is 0 Å². The summed E-state index contributed by atoms with van der Waals surface area (Å²) in [5, 5.41) is 0. The molecule has 0 saturated heterocycles. The van der Waals surface area contributed by atoms with Crippen LogP contribution in [0.5, 0.6) is 0 Å². The van der Waals surface area contributed by atoms with Gasteiger partial charge in [-0.25, -0.2) is 4.39 Å². The number of hydrogen-bond donors (Lipinski definition) is 0. The number of ether oxygens (including phenoxy) is 1. The summed E-state index contributed by atoms with van der Waals surface area (Å²) in [5.41, 5.74) is 0.522. The molecule has 0 fully saturated rings. The van der Waals surface area contributed by atoms with Crippen LogP contribution in [-0.4, -0.2) is 25.2 Å². The SMILES string of the molecule is Cc1cc(F)cc(C(=O)COCC(F)(F)F)c1. The van der Waals surface area contributed by atoms with E-state index in [2.05, 4.69) is 4.74 Å². The Morgan fingerprint density at radius 3 is 2.47 bits per heavy atom. The normalized spacial score (nSPS) is 11.6. The van der Waals surface area contributed by atoms with E-state index in [0.29, 0.717) is 5.56 Å². The minimum Gasteiger partial charge on any atom is -0.364 e. The van der Waals surface area contributed by atoms with Crippen molar-refractivity contribution >= 4 is 5.78 Å². The van der Waals surface area contributed by atoms with E-state index in [1.165, 1.54) is 12.1 Å². The van der Waals surface area contributed by atoms with Gasteiger partial charge in [0.15, 0.2) is 5.78 Å². The topological polar surface area (TPSA) is 26.3 Å². The quantitative estimate of drug-likeness (QED) is 0.606. The second-order valence-corrected chi connectivity index (χ2v) is 3.55. The fourth-order valence-electron chi connectivity index (χ4n) is 1.24. The zero-order valence-corrected chi connectivity index (χ0v) is 8.97. The molecule has 0 aliphatic rings. The predicted molar refractivity (Wildman–Crippen MR) is 52.3 cm³/mol. The van der Waals surface area contributed by atoms with Gasteiger partial charge in [-0.1, -0.05) is 0 Å². The largest absolute Gasteiger partial charge is 0.411 e. The van der Waals surface area contributed by atoms with Crippen molar-refractivity contribution in [3.63, 3.8) is 0 Å². The first kappa shape index (κ1) is 13.6. The number of carbonyl (C=O) groups excluding carboxylic acids is 1. The van der Waals surface area contributed by atoms with Crippen LogP contribution < -0.4 is 0 Å². The van der Waals surface area contributed by atoms with E-state index in [-0.39, 0.29) is 5.56 Å². The van der Waals surface area contributed by atoms with Crippen molar-refractivity contribution in [2.24, 2.45) is 0 Å². The number of hydrogen-bond acceptors (Lipinski definition) is 2. The van der Waals surface area contributed by atoms with Gasteiger partial charge in [-0.05, 0) is 30.7 Å². The molecule has 2 nitrogen and oxygen atoms in total. The third-order valence-electron chi connectivity index (χ3n) is 1.86. The Morgan fingerprint density at radius 2 is 1.94 bits per heavy atom. The number of halogens is 4. The summed E-state index contributed by atoms with van der Waals surface area (Å²) in [6, 6.07) is 3.57. The second-order valence-electron chi connectivity index (χ2n) is 3.55. The Bertz CT molecular complexity index is 392. The maximum absolute atomic E-state index is 12.9. The van der Waals surface area contributed by atoms with E-state index < -0.39 is 31.0 Å². The van der Waals surface area contributed by atoms with Crippen LogP contribution in [0.4, 0.5) is 17.6 Å². The lowest BCUT2D eigenvalue weighted by Gasteiger charge is -2.07. The smallest absolute Gasteiger partial charge is 0.364 e. The van der Waals surface area contributed by atoms with Gasteiger partial charge in [0.05, 0.1) is 0 Å². The molecule has 1 aromatic carbocycles. The first-order valence-electron chi connectivity index (χ1n) is 4.73. The van der Waals surface area contributed by atoms with Crippen molar-refractivity contribution in [1.29, 1.82) is 0 Å². The summed E-state index contributed by atoms with van der Waals surface area (Å²) >= 11 is 0. The maximum Gasteiger partial charge on any atom is 0.411 e. The van der Waals surface area contributed by atoms with Crippen LogP contribution in [0.2, 0.25) is 0 Å². The molecule has 0 amide bonds. The fraction of sp³-hybridized carbons (Fsp3) is 0.364. The van der Waals surface area contributed by atoms with E-state index in [4.69, 9.17) is 0 Å². The molecule has 0 aromatic heterocycles. The van der Waals surface area contributed by atoms with Crippen LogP contribution in [0.15, 0.2) is 18.2 Å². The number of carbonyl (C=O) groups is 1. The fourth-order valence-corrected chi connectivity index (χ4v) is 1.24. The Morgan fingerprint density at radius 1 is 1.29 bits per heavy atom. The molecule has 1 aromatic rings. The summed E-state index contributed by atoms with van der Waals surface area (Å²) in [7, 11) is 0.